The van der Waals surface area contributed by atoms with E-state index in [1.807, 2.05) is 31.2 Å². The molecule has 4 heterocycles. The number of aromatic nitrogens is 2. The zero-order chi connectivity index (χ0) is 21.2. The van der Waals surface area contributed by atoms with Crippen LogP contribution in [0.25, 0.3) is 22.3 Å². The summed E-state index contributed by atoms with van der Waals surface area (Å²) < 4.78 is 23.2. The molecule has 0 radical (unpaired) electrons. The van der Waals surface area contributed by atoms with Crippen LogP contribution in [0.4, 0.5) is 0 Å². The van der Waals surface area contributed by atoms with Gasteiger partial charge >= 0.3 is 14.2 Å². The van der Waals surface area contributed by atoms with Crippen LogP contribution in [0, 0.1) is 6.92 Å². The van der Waals surface area contributed by atoms with Crippen LogP contribution >= 0.6 is 8.25 Å². The first kappa shape index (κ1) is 19.1. The Labute approximate surface area is 172 Å². The van der Waals surface area contributed by atoms with Gasteiger partial charge in [-0.15, -0.1) is 4.52 Å². The van der Waals surface area contributed by atoms with Crippen molar-refractivity contribution in [1.29, 1.82) is 0 Å². The fourth-order valence-corrected chi connectivity index (χ4v) is 4.93. The van der Waals surface area contributed by atoms with Crippen LogP contribution in [-0.2, 0) is 37.4 Å². The van der Waals surface area contributed by atoms with Crippen molar-refractivity contribution in [3.8, 4) is 11.4 Å². The third-order valence-electron chi connectivity index (χ3n) is 5.86. The van der Waals surface area contributed by atoms with Crippen molar-refractivity contribution in [3.05, 3.63) is 62.9 Å². The molecular weight excluding hydrogens is 407 g/mol. The van der Waals surface area contributed by atoms with Gasteiger partial charge in [0, 0.05) is 16.5 Å². The zero-order valence-electron chi connectivity index (χ0n) is 16.3. The molecule has 2 aromatic heterocycles. The highest BCUT2D eigenvalue weighted by molar-refractivity contribution is 7.30. The topological polar surface area (TPSA) is 111 Å². The number of carbonyl (C=O) groups is 1. The van der Waals surface area contributed by atoms with Gasteiger partial charge in [0.2, 0.25) is 5.60 Å². The van der Waals surface area contributed by atoms with Crippen LogP contribution in [0.15, 0.2) is 35.1 Å². The molecule has 0 bridgehead atoms. The third-order valence-corrected chi connectivity index (χ3v) is 6.32. The fraction of sp³-hybridized carbons (Fsp3) is 0.286. The second-order valence-corrected chi connectivity index (χ2v) is 8.21. The Hall–Kier alpha value is -2.93. The van der Waals surface area contributed by atoms with E-state index < -0.39 is 19.8 Å². The Morgan fingerprint density at radius 2 is 2.10 bits per heavy atom. The number of cyclic esters (lactones) is 1. The van der Waals surface area contributed by atoms with Gasteiger partial charge in [0.15, 0.2) is 0 Å². The van der Waals surface area contributed by atoms with Gasteiger partial charge < -0.3 is 14.2 Å². The van der Waals surface area contributed by atoms with E-state index in [2.05, 4.69) is 0 Å². The summed E-state index contributed by atoms with van der Waals surface area (Å²) in [6.07, 6.45) is 0.00230. The van der Waals surface area contributed by atoms with E-state index in [-0.39, 0.29) is 29.7 Å². The van der Waals surface area contributed by atoms with E-state index in [0.717, 1.165) is 22.0 Å². The molecule has 1 unspecified atom stereocenters. The molecule has 1 aromatic carbocycles. The van der Waals surface area contributed by atoms with Crippen LogP contribution in [-0.4, -0.2) is 15.5 Å². The highest BCUT2D eigenvalue weighted by Gasteiger charge is 2.52. The summed E-state index contributed by atoms with van der Waals surface area (Å²) in [4.78, 5) is 42.0. The van der Waals surface area contributed by atoms with Crippen LogP contribution in [0.1, 0.15) is 35.6 Å². The lowest BCUT2D eigenvalue weighted by atomic mass is 9.86. The highest BCUT2D eigenvalue weighted by atomic mass is 31.1. The van der Waals surface area contributed by atoms with Crippen molar-refractivity contribution in [2.45, 2.75) is 39.0 Å². The number of fused-ring (bicyclic) bond motifs is 5. The van der Waals surface area contributed by atoms with Crippen molar-refractivity contribution in [1.82, 2.24) is 9.55 Å². The minimum Gasteiger partial charge on any atom is -0.566 e. The van der Waals surface area contributed by atoms with E-state index in [1.54, 1.807) is 17.6 Å². The Bertz CT molecular complexity index is 1330. The summed E-state index contributed by atoms with van der Waals surface area (Å²) in [6.45, 7) is 3.74. The molecule has 5 rings (SSSR count). The molecule has 0 N–H and O–H groups in total. The van der Waals surface area contributed by atoms with Crippen LogP contribution in [0.5, 0.6) is 0 Å². The first-order valence-corrected chi connectivity index (χ1v) is 10.6. The van der Waals surface area contributed by atoms with Crippen LogP contribution in [0.3, 0.4) is 0 Å². The predicted molar refractivity (Wildman–Crippen MR) is 106 cm³/mol. The number of rotatable bonds is 3. The standard InChI is InChI=1S/C21H17N2O6P/c1-3-21(29-30(26)27)15-8-17-18-13(7-12-6-11(2)4-5-16(12)22-18)9-23(17)19(24)14(15)10-28-20(21)25/h4-8H,3,9-10H2,1-2H3/t21-/m0/s1. The van der Waals surface area contributed by atoms with E-state index >= 15 is 0 Å². The molecule has 2 aliphatic heterocycles. The molecular formula is C21H17N2O6P. The van der Waals surface area contributed by atoms with Gasteiger partial charge in [-0.3, -0.25) is 4.79 Å². The Balaban J connectivity index is 1.78. The lowest BCUT2D eigenvalue weighted by Gasteiger charge is -2.31. The van der Waals surface area contributed by atoms with Gasteiger partial charge in [-0.05, 0) is 42.2 Å². The van der Waals surface area contributed by atoms with Crippen molar-refractivity contribution in [2.24, 2.45) is 0 Å². The summed E-state index contributed by atoms with van der Waals surface area (Å²) in [5.41, 5.74) is 2.22. The maximum atomic E-state index is 13.3. The molecule has 0 amide bonds. The molecule has 30 heavy (non-hydrogen) atoms. The number of nitrogens with zero attached hydrogens (tertiary/aromatic N) is 2. The van der Waals surface area contributed by atoms with Crippen molar-refractivity contribution in [3.63, 3.8) is 0 Å². The number of ether oxygens (including phenoxy) is 1. The van der Waals surface area contributed by atoms with Gasteiger partial charge in [-0.1, -0.05) is 18.6 Å². The monoisotopic (exact) mass is 424 g/mol. The second-order valence-electron chi connectivity index (χ2n) is 7.58. The molecule has 0 saturated carbocycles. The van der Waals surface area contributed by atoms with E-state index in [9.17, 15) is 19.0 Å². The minimum atomic E-state index is -3.35. The molecule has 0 fully saturated rings. The molecule has 3 aromatic rings. The third kappa shape index (κ3) is 2.58. The highest BCUT2D eigenvalue weighted by Crippen LogP contribution is 2.43. The minimum absolute atomic E-state index is 0.00230. The molecule has 9 heteroatoms. The average Bonchev–Trinajstić information content (AvgIpc) is 3.06. The van der Waals surface area contributed by atoms with E-state index in [4.69, 9.17) is 14.2 Å². The largest absolute Gasteiger partial charge is 0.566 e. The normalized spacial score (nSPS) is 19.8. The molecule has 8 nitrogen and oxygen atoms in total. The fourth-order valence-electron chi connectivity index (χ4n) is 4.37. The van der Waals surface area contributed by atoms with Crippen molar-refractivity contribution >= 4 is 25.1 Å². The van der Waals surface area contributed by atoms with E-state index in [1.165, 1.54) is 0 Å². The summed E-state index contributed by atoms with van der Waals surface area (Å²) >= 11 is 0. The number of esters is 1. The van der Waals surface area contributed by atoms with Crippen LogP contribution < -0.4 is 10.5 Å². The number of pyridine rings is 2. The van der Waals surface area contributed by atoms with E-state index in [0.29, 0.717) is 17.9 Å². The van der Waals surface area contributed by atoms with Crippen molar-refractivity contribution < 1.29 is 23.5 Å². The maximum Gasteiger partial charge on any atom is 0.490 e. The summed E-state index contributed by atoms with van der Waals surface area (Å²) in [6, 6.07) is 9.58. The number of hydrogen-bond donors (Lipinski definition) is 0. The lowest BCUT2D eigenvalue weighted by Crippen LogP contribution is -2.45. The smallest absolute Gasteiger partial charge is 0.490 e. The number of aryl methyl sites for hydroxylation is 1. The van der Waals surface area contributed by atoms with Gasteiger partial charge in [0.05, 0.1) is 29.0 Å². The van der Waals surface area contributed by atoms with Gasteiger partial charge in [0.25, 0.3) is 5.56 Å². The summed E-state index contributed by atoms with van der Waals surface area (Å²) in [7, 11) is -3.35. The molecule has 2 aliphatic rings. The summed E-state index contributed by atoms with van der Waals surface area (Å²) in [5.74, 6) is -0.818. The first-order chi connectivity index (χ1) is 14.3. The van der Waals surface area contributed by atoms with Gasteiger partial charge in [-0.25, -0.2) is 9.78 Å². The Kier molecular flexibility index (Phi) is 4.15. The zero-order valence-corrected chi connectivity index (χ0v) is 17.2. The second kappa shape index (κ2) is 6.54. The maximum absolute atomic E-state index is 13.3. The molecule has 0 spiro atoms. The SMILES string of the molecule is CC[C@@]1(O[P+](=O)[O-])C(=O)OCc2c1cc1n(c2=O)Cc2cc3cc(C)ccc3nc2-1. The van der Waals surface area contributed by atoms with Crippen molar-refractivity contribution in [2.75, 3.05) is 0 Å². The molecule has 0 saturated heterocycles. The molecule has 0 aliphatic carbocycles. The quantitative estimate of drug-likeness (QED) is 0.367. The van der Waals surface area contributed by atoms with Gasteiger partial charge in [0.1, 0.15) is 6.61 Å². The van der Waals surface area contributed by atoms with Gasteiger partial charge in [-0.2, -0.15) is 0 Å². The average molecular weight is 424 g/mol. The lowest BCUT2D eigenvalue weighted by molar-refractivity contribution is -0.207. The number of carbonyl (C=O) groups excluding carboxylic acids is 1. The van der Waals surface area contributed by atoms with Crippen LogP contribution in [0.2, 0.25) is 0 Å². The Morgan fingerprint density at radius 1 is 1.30 bits per heavy atom. The molecule has 2 atom stereocenters. The summed E-state index contributed by atoms with van der Waals surface area (Å²) in [5, 5.41) is 0.979. The number of hydrogen-bond acceptors (Lipinski definition) is 7. The molecule has 152 valence electrons. The number of benzene rings is 1. The predicted octanol–water partition coefficient (Wildman–Crippen LogP) is 2.43. The Morgan fingerprint density at radius 3 is 2.83 bits per heavy atom. The first-order valence-electron chi connectivity index (χ1n) is 9.52.